The van der Waals surface area contributed by atoms with Crippen molar-refractivity contribution in [1.82, 2.24) is 0 Å². The summed E-state index contributed by atoms with van der Waals surface area (Å²) in [6.45, 7) is 0.0895. The van der Waals surface area contributed by atoms with Crippen LogP contribution in [-0.4, -0.2) is 11.4 Å². The molecule has 0 spiro atoms. The first kappa shape index (κ1) is 9.16. The van der Waals surface area contributed by atoms with Crippen molar-refractivity contribution < 1.29 is 9.90 Å². The Morgan fingerprint density at radius 3 is 3.00 bits per heavy atom. The zero-order valence-corrected chi connectivity index (χ0v) is 7.38. The molecule has 2 nitrogen and oxygen atoms in total. The largest absolute Gasteiger partial charge is 0.391 e. The van der Waals surface area contributed by atoms with Crippen LogP contribution in [0.25, 0.3) is 6.08 Å². The Bertz CT molecular complexity index is 276. The monoisotopic (exact) mass is 182 g/mol. The van der Waals surface area contributed by atoms with E-state index in [0.717, 1.165) is 16.7 Å². The molecular weight excluding hydrogens is 172 g/mol. The van der Waals surface area contributed by atoms with Crippen molar-refractivity contribution in [2.24, 2.45) is 0 Å². The molecule has 0 unspecified atom stereocenters. The molecule has 0 aromatic carbocycles. The van der Waals surface area contributed by atoms with Crippen molar-refractivity contribution in [3.63, 3.8) is 0 Å². The summed E-state index contributed by atoms with van der Waals surface area (Å²) < 4.78 is 0. The summed E-state index contributed by atoms with van der Waals surface area (Å²) in [5.41, 5.74) is 1.05. The van der Waals surface area contributed by atoms with E-state index < -0.39 is 0 Å². The molecule has 0 aliphatic rings. The molecule has 1 aromatic rings. The lowest BCUT2D eigenvalue weighted by atomic mass is 10.2. The molecule has 0 aliphatic carbocycles. The Hall–Kier alpha value is -0.930. The van der Waals surface area contributed by atoms with E-state index in [2.05, 4.69) is 0 Å². The second-order valence-corrected chi connectivity index (χ2v) is 3.30. The molecule has 1 heterocycles. The summed E-state index contributed by atoms with van der Waals surface area (Å²) in [6, 6.07) is 1.91. The zero-order chi connectivity index (χ0) is 8.81. The standard InChI is InChI=1S/C9H10O2S/c10-4-2-1-3-8-5-9(6-11)12-7-8/h1,3-5,7,11H,2,6H2. The van der Waals surface area contributed by atoms with Gasteiger partial charge in [-0.05, 0) is 17.0 Å². The highest BCUT2D eigenvalue weighted by atomic mass is 32.1. The Morgan fingerprint density at radius 2 is 2.42 bits per heavy atom. The van der Waals surface area contributed by atoms with Gasteiger partial charge in [-0.2, -0.15) is 0 Å². The third-order valence-electron chi connectivity index (χ3n) is 1.37. The Balaban J connectivity index is 2.57. The molecule has 0 saturated carbocycles. The predicted octanol–water partition coefficient (Wildman–Crippen LogP) is 1.84. The van der Waals surface area contributed by atoms with Gasteiger partial charge in [-0.25, -0.2) is 0 Å². The van der Waals surface area contributed by atoms with Gasteiger partial charge in [-0.15, -0.1) is 11.3 Å². The number of rotatable bonds is 4. The zero-order valence-electron chi connectivity index (χ0n) is 6.56. The SMILES string of the molecule is O=CCC=Cc1csc(CO)c1. The van der Waals surface area contributed by atoms with Crippen LogP contribution in [0.15, 0.2) is 17.5 Å². The van der Waals surface area contributed by atoms with E-state index in [0.29, 0.717) is 6.42 Å². The fraction of sp³-hybridized carbons (Fsp3) is 0.222. The van der Waals surface area contributed by atoms with Crippen LogP contribution in [0, 0.1) is 0 Å². The lowest BCUT2D eigenvalue weighted by Gasteiger charge is -1.82. The van der Waals surface area contributed by atoms with Crippen molar-refractivity contribution in [1.29, 1.82) is 0 Å². The number of aliphatic hydroxyl groups excluding tert-OH is 1. The van der Waals surface area contributed by atoms with Gasteiger partial charge in [-0.1, -0.05) is 12.2 Å². The van der Waals surface area contributed by atoms with Crippen LogP contribution < -0.4 is 0 Å². The minimum Gasteiger partial charge on any atom is -0.391 e. The number of hydrogen-bond acceptors (Lipinski definition) is 3. The summed E-state index contributed by atoms with van der Waals surface area (Å²) in [6.07, 6.45) is 4.99. The first-order valence-electron chi connectivity index (χ1n) is 3.65. The third-order valence-corrected chi connectivity index (χ3v) is 2.31. The van der Waals surface area contributed by atoms with E-state index in [4.69, 9.17) is 5.11 Å². The number of aliphatic hydroxyl groups is 1. The van der Waals surface area contributed by atoms with Gasteiger partial charge in [0.25, 0.3) is 0 Å². The molecule has 3 heteroatoms. The maximum absolute atomic E-state index is 9.97. The fourth-order valence-corrected chi connectivity index (χ4v) is 1.54. The molecule has 0 radical (unpaired) electrons. The highest BCUT2D eigenvalue weighted by molar-refractivity contribution is 7.10. The molecule has 1 N–H and O–H groups in total. The minimum atomic E-state index is 0.0895. The van der Waals surface area contributed by atoms with Gasteiger partial charge in [0, 0.05) is 11.3 Å². The van der Waals surface area contributed by atoms with Gasteiger partial charge < -0.3 is 9.90 Å². The van der Waals surface area contributed by atoms with Crippen molar-refractivity contribution in [3.05, 3.63) is 28.0 Å². The van der Waals surface area contributed by atoms with Crippen molar-refractivity contribution in [2.45, 2.75) is 13.0 Å². The van der Waals surface area contributed by atoms with Crippen LogP contribution in [0.2, 0.25) is 0 Å². The topological polar surface area (TPSA) is 37.3 Å². The Labute approximate surface area is 75.2 Å². The van der Waals surface area contributed by atoms with Crippen LogP contribution in [0.5, 0.6) is 0 Å². The van der Waals surface area contributed by atoms with Crippen LogP contribution in [0.4, 0.5) is 0 Å². The quantitative estimate of drug-likeness (QED) is 0.721. The normalized spacial score (nSPS) is 10.8. The number of allylic oxidation sites excluding steroid dienone is 1. The highest BCUT2D eigenvalue weighted by Crippen LogP contribution is 2.15. The molecule has 0 atom stereocenters. The number of carbonyl (C=O) groups excluding carboxylic acids is 1. The van der Waals surface area contributed by atoms with Gasteiger partial charge in [0.15, 0.2) is 0 Å². The molecule has 1 aromatic heterocycles. The van der Waals surface area contributed by atoms with E-state index in [1.165, 1.54) is 11.3 Å². The molecular formula is C9H10O2S. The molecule has 0 fully saturated rings. The van der Waals surface area contributed by atoms with Crippen molar-refractivity contribution in [3.8, 4) is 0 Å². The molecule has 64 valence electrons. The molecule has 0 bridgehead atoms. The third kappa shape index (κ3) is 2.60. The number of hydrogen-bond donors (Lipinski definition) is 1. The summed E-state index contributed by atoms with van der Waals surface area (Å²) in [5.74, 6) is 0. The maximum Gasteiger partial charge on any atom is 0.123 e. The lowest BCUT2D eigenvalue weighted by molar-refractivity contribution is -0.107. The van der Waals surface area contributed by atoms with Gasteiger partial charge >= 0.3 is 0 Å². The van der Waals surface area contributed by atoms with Crippen molar-refractivity contribution >= 4 is 23.7 Å². The van der Waals surface area contributed by atoms with Gasteiger partial charge in [0.2, 0.25) is 0 Å². The average Bonchev–Trinajstić information content (AvgIpc) is 2.53. The number of thiophene rings is 1. The Morgan fingerprint density at radius 1 is 1.58 bits per heavy atom. The van der Waals surface area contributed by atoms with Crippen LogP contribution >= 0.6 is 11.3 Å². The van der Waals surface area contributed by atoms with E-state index in [-0.39, 0.29) is 6.61 Å². The van der Waals surface area contributed by atoms with Crippen molar-refractivity contribution in [2.75, 3.05) is 0 Å². The lowest BCUT2D eigenvalue weighted by Crippen LogP contribution is -1.72. The van der Waals surface area contributed by atoms with Gasteiger partial charge in [0.1, 0.15) is 6.29 Å². The Kier molecular flexibility index (Phi) is 3.70. The highest BCUT2D eigenvalue weighted by Gasteiger charge is 1.93. The summed E-state index contributed by atoms with van der Waals surface area (Å²) >= 11 is 1.52. The maximum atomic E-state index is 9.97. The first-order valence-corrected chi connectivity index (χ1v) is 4.53. The second-order valence-electron chi connectivity index (χ2n) is 2.31. The van der Waals surface area contributed by atoms with Crippen LogP contribution in [-0.2, 0) is 11.4 Å². The molecule has 0 saturated heterocycles. The predicted molar refractivity (Wildman–Crippen MR) is 50.0 cm³/mol. The first-order chi connectivity index (χ1) is 5.86. The second kappa shape index (κ2) is 4.85. The molecule has 0 aliphatic heterocycles. The summed E-state index contributed by atoms with van der Waals surface area (Å²) in [4.78, 5) is 10.9. The van der Waals surface area contributed by atoms with E-state index in [9.17, 15) is 4.79 Å². The minimum absolute atomic E-state index is 0.0895. The smallest absolute Gasteiger partial charge is 0.123 e. The molecule has 12 heavy (non-hydrogen) atoms. The summed E-state index contributed by atoms with van der Waals surface area (Å²) in [5, 5.41) is 10.7. The summed E-state index contributed by atoms with van der Waals surface area (Å²) in [7, 11) is 0. The average molecular weight is 182 g/mol. The van der Waals surface area contributed by atoms with Crippen LogP contribution in [0.3, 0.4) is 0 Å². The fourth-order valence-electron chi connectivity index (χ4n) is 0.828. The number of carbonyl (C=O) groups is 1. The molecule has 0 amide bonds. The van der Waals surface area contributed by atoms with E-state index in [1.54, 1.807) is 6.08 Å². The van der Waals surface area contributed by atoms with E-state index >= 15 is 0 Å². The molecule has 1 rings (SSSR count). The van der Waals surface area contributed by atoms with Crippen LogP contribution in [0.1, 0.15) is 16.9 Å². The van der Waals surface area contributed by atoms with E-state index in [1.807, 2.05) is 17.5 Å². The van der Waals surface area contributed by atoms with Gasteiger partial charge in [0.05, 0.1) is 6.61 Å². The number of aldehydes is 1. The van der Waals surface area contributed by atoms with Gasteiger partial charge in [-0.3, -0.25) is 0 Å².